The van der Waals surface area contributed by atoms with Crippen LogP contribution in [-0.2, 0) is 16.0 Å². The SMILES string of the molecule is C=CC(=O)N1CCCc2cc(C(=O)NCC3(CO)CCN(C(=O)OC(C)(C)C)CC3)ccc21. The third-order valence-corrected chi connectivity index (χ3v) is 6.34. The molecule has 3 amide bonds. The summed E-state index contributed by atoms with van der Waals surface area (Å²) >= 11 is 0. The molecule has 8 nitrogen and oxygen atoms in total. The number of carbonyl (C=O) groups is 3. The minimum absolute atomic E-state index is 0.0712. The van der Waals surface area contributed by atoms with Crippen LogP contribution in [0.3, 0.4) is 0 Å². The Kier molecular flexibility index (Phi) is 7.47. The lowest BCUT2D eigenvalue weighted by Crippen LogP contribution is -2.50. The summed E-state index contributed by atoms with van der Waals surface area (Å²) in [6.07, 6.45) is 3.74. The highest BCUT2D eigenvalue weighted by Crippen LogP contribution is 2.32. The van der Waals surface area contributed by atoms with Gasteiger partial charge in [0.2, 0.25) is 5.91 Å². The maximum Gasteiger partial charge on any atom is 0.410 e. The second-order valence-corrected chi connectivity index (χ2v) is 9.95. The Hall–Kier alpha value is -2.87. The van der Waals surface area contributed by atoms with Crippen LogP contribution < -0.4 is 10.2 Å². The topological polar surface area (TPSA) is 99.2 Å². The van der Waals surface area contributed by atoms with Crippen LogP contribution in [0.4, 0.5) is 10.5 Å². The van der Waals surface area contributed by atoms with E-state index in [1.54, 1.807) is 15.9 Å². The molecule has 0 radical (unpaired) electrons. The summed E-state index contributed by atoms with van der Waals surface area (Å²) < 4.78 is 5.43. The molecule has 1 aromatic carbocycles. The molecule has 33 heavy (non-hydrogen) atoms. The van der Waals surface area contributed by atoms with Crippen LogP contribution in [0, 0.1) is 5.41 Å². The summed E-state index contributed by atoms with van der Waals surface area (Å²) in [4.78, 5) is 40.6. The number of nitrogens with one attached hydrogen (secondary N) is 1. The first kappa shape index (κ1) is 24.8. The van der Waals surface area contributed by atoms with Crippen molar-refractivity contribution in [3.63, 3.8) is 0 Å². The molecule has 0 saturated carbocycles. The summed E-state index contributed by atoms with van der Waals surface area (Å²) in [7, 11) is 0. The summed E-state index contributed by atoms with van der Waals surface area (Å²) in [6.45, 7) is 10.9. The Bertz CT molecular complexity index is 913. The first-order valence-corrected chi connectivity index (χ1v) is 11.5. The van der Waals surface area contributed by atoms with Crippen LogP contribution in [0.1, 0.15) is 56.0 Å². The largest absolute Gasteiger partial charge is 0.444 e. The Morgan fingerprint density at radius 3 is 2.52 bits per heavy atom. The third kappa shape index (κ3) is 5.93. The van der Waals surface area contributed by atoms with E-state index in [9.17, 15) is 19.5 Å². The predicted molar refractivity (Wildman–Crippen MR) is 126 cm³/mol. The number of amides is 3. The number of benzene rings is 1. The standard InChI is InChI=1S/C25H35N3O5/c1-5-21(30)28-12-6-7-18-15-19(8-9-20(18)28)22(31)26-16-25(17-29)10-13-27(14-11-25)23(32)33-24(2,3)4/h5,8-9,15,29H,1,6-7,10-14,16-17H2,2-4H3,(H,26,31). The number of aliphatic hydroxyl groups is 1. The lowest BCUT2D eigenvalue weighted by atomic mass is 9.79. The average molecular weight is 458 g/mol. The van der Waals surface area contributed by atoms with Crippen molar-refractivity contribution in [1.29, 1.82) is 0 Å². The van der Waals surface area contributed by atoms with Crippen molar-refractivity contribution >= 4 is 23.6 Å². The molecule has 2 N–H and O–H groups in total. The van der Waals surface area contributed by atoms with Gasteiger partial charge in [-0.1, -0.05) is 6.58 Å². The fourth-order valence-corrected chi connectivity index (χ4v) is 4.33. The fourth-order valence-electron chi connectivity index (χ4n) is 4.33. The van der Waals surface area contributed by atoms with Gasteiger partial charge < -0.3 is 25.0 Å². The number of hydrogen-bond donors (Lipinski definition) is 2. The number of rotatable bonds is 5. The number of fused-ring (bicyclic) bond motifs is 1. The number of likely N-dealkylation sites (tertiary alicyclic amines) is 1. The zero-order chi connectivity index (χ0) is 24.2. The van der Waals surface area contributed by atoms with E-state index in [2.05, 4.69) is 11.9 Å². The Labute approximate surface area is 195 Å². The lowest BCUT2D eigenvalue weighted by molar-refractivity contribution is -0.114. The van der Waals surface area contributed by atoms with Gasteiger partial charge in [-0.3, -0.25) is 9.59 Å². The number of ether oxygens (including phenoxy) is 1. The molecule has 0 aromatic heterocycles. The molecule has 2 aliphatic heterocycles. The van der Waals surface area contributed by atoms with Gasteiger partial charge in [-0.2, -0.15) is 0 Å². The van der Waals surface area contributed by atoms with Gasteiger partial charge in [0.05, 0.1) is 6.61 Å². The van der Waals surface area contributed by atoms with Crippen molar-refractivity contribution in [2.45, 2.75) is 52.1 Å². The molecule has 0 unspecified atom stereocenters. The summed E-state index contributed by atoms with van der Waals surface area (Å²) in [6, 6.07) is 5.37. The molecule has 3 rings (SSSR count). The molecule has 1 fully saturated rings. The monoisotopic (exact) mass is 457 g/mol. The Balaban J connectivity index is 1.60. The summed E-state index contributed by atoms with van der Waals surface area (Å²) in [5.41, 5.74) is 1.29. The number of nitrogens with zero attached hydrogens (tertiary/aromatic N) is 2. The third-order valence-electron chi connectivity index (χ3n) is 6.34. The minimum Gasteiger partial charge on any atom is -0.444 e. The highest BCUT2D eigenvalue weighted by molar-refractivity contribution is 6.02. The van der Waals surface area contributed by atoms with Crippen molar-refractivity contribution < 1.29 is 24.2 Å². The van der Waals surface area contributed by atoms with E-state index < -0.39 is 11.0 Å². The van der Waals surface area contributed by atoms with E-state index in [4.69, 9.17) is 4.74 Å². The maximum atomic E-state index is 12.9. The second kappa shape index (κ2) is 9.95. The molecular formula is C25H35N3O5. The number of aryl methyl sites for hydroxylation is 1. The van der Waals surface area contributed by atoms with E-state index in [-0.39, 0.29) is 24.5 Å². The van der Waals surface area contributed by atoms with E-state index in [0.717, 1.165) is 24.1 Å². The normalized spacial score (nSPS) is 17.7. The predicted octanol–water partition coefficient (Wildman–Crippen LogP) is 2.89. The first-order chi connectivity index (χ1) is 15.6. The van der Waals surface area contributed by atoms with Crippen molar-refractivity contribution in [3.8, 4) is 0 Å². The molecule has 0 atom stereocenters. The van der Waals surface area contributed by atoms with Crippen molar-refractivity contribution in [3.05, 3.63) is 42.0 Å². The van der Waals surface area contributed by atoms with Gasteiger partial charge in [-0.05, 0) is 76.3 Å². The van der Waals surface area contributed by atoms with Crippen molar-refractivity contribution in [2.75, 3.05) is 37.7 Å². The van der Waals surface area contributed by atoms with Gasteiger partial charge in [0, 0.05) is 42.8 Å². The van der Waals surface area contributed by atoms with E-state index in [1.807, 2.05) is 32.9 Å². The molecule has 180 valence electrons. The Morgan fingerprint density at radius 2 is 1.91 bits per heavy atom. The average Bonchev–Trinajstić information content (AvgIpc) is 2.80. The lowest BCUT2D eigenvalue weighted by Gasteiger charge is -2.41. The second-order valence-electron chi connectivity index (χ2n) is 9.95. The molecule has 8 heteroatoms. The quantitative estimate of drug-likeness (QED) is 0.663. The number of carbonyl (C=O) groups excluding carboxylic acids is 3. The number of hydrogen-bond acceptors (Lipinski definition) is 5. The van der Waals surface area contributed by atoms with E-state index in [0.29, 0.717) is 44.6 Å². The molecular weight excluding hydrogens is 422 g/mol. The molecule has 2 heterocycles. The Morgan fingerprint density at radius 1 is 1.21 bits per heavy atom. The van der Waals surface area contributed by atoms with Crippen LogP contribution in [0.5, 0.6) is 0 Å². The van der Waals surface area contributed by atoms with Gasteiger partial charge in [0.25, 0.3) is 5.91 Å². The summed E-state index contributed by atoms with van der Waals surface area (Å²) in [5.74, 6) is -0.358. The molecule has 1 saturated heterocycles. The summed E-state index contributed by atoms with van der Waals surface area (Å²) in [5, 5.41) is 13.0. The van der Waals surface area contributed by atoms with Crippen LogP contribution in [-0.4, -0.2) is 66.3 Å². The molecule has 0 spiro atoms. The zero-order valence-corrected chi connectivity index (χ0v) is 19.9. The maximum absolute atomic E-state index is 12.9. The first-order valence-electron chi connectivity index (χ1n) is 11.5. The van der Waals surface area contributed by atoms with Crippen LogP contribution >= 0.6 is 0 Å². The van der Waals surface area contributed by atoms with Gasteiger partial charge >= 0.3 is 6.09 Å². The van der Waals surface area contributed by atoms with Crippen molar-refractivity contribution in [2.24, 2.45) is 5.41 Å². The van der Waals surface area contributed by atoms with Crippen LogP contribution in [0.15, 0.2) is 30.9 Å². The number of piperidine rings is 1. The van der Waals surface area contributed by atoms with Crippen LogP contribution in [0.2, 0.25) is 0 Å². The highest BCUT2D eigenvalue weighted by Gasteiger charge is 2.37. The van der Waals surface area contributed by atoms with E-state index >= 15 is 0 Å². The number of anilines is 1. The van der Waals surface area contributed by atoms with Gasteiger partial charge in [0.15, 0.2) is 0 Å². The van der Waals surface area contributed by atoms with Gasteiger partial charge in [-0.25, -0.2) is 4.79 Å². The molecule has 0 aliphatic carbocycles. The smallest absolute Gasteiger partial charge is 0.410 e. The number of aliphatic hydroxyl groups excluding tert-OH is 1. The fraction of sp³-hybridized carbons (Fsp3) is 0.560. The van der Waals surface area contributed by atoms with Gasteiger partial charge in [-0.15, -0.1) is 0 Å². The molecule has 1 aromatic rings. The van der Waals surface area contributed by atoms with Crippen LogP contribution in [0.25, 0.3) is 0 Å². The zero-order valence-electron chi connectivity index (χ0n) is 19.9. The minimum atomic E-state index is -0.554. The molecule has 0 bridgehead atoms. The van der Waals surface area contributed by atoms with Gasteiger partial charge in [0.1, 0.15) is 5.60 Å². The van der Waals surface area contributed by atoms with E-state index in [1.165, 1.54) is 6.08 Å². The van der Waals surface area contributed by atoms with Crippen molar-refractivity contribution in [1.82, 2.24) is 10.2 Å². The highest BCUT2D eigenvalue weighted by atomic mass is 16.6. The molecule has 2 aliphatic rings.